The smallest absolute Gasteiger partial charge is 0.111 e. The molecule has 5 N–H and O–H groups in total. The van der Waals surface area contributed by atoms with Crippen molar-refractivity contribution < 1.29 is 29.7 Å². The second-order valence-corrected chi connectivity index (χ2v) is 2.85. The van der Waals surface area contributed by atoms with E-state index in [0.29, 0.717) is 0 Å². The van der Waals surface area contributed by atoms with Crippen LogP contribution in [0.25, 0.3) is 0 Å². The van der Waals surface area contributed by atoms with Crippen LogP contribution in [0.2, 0.25) is 0 Å². The third-order valence-electron chi connectivity index (χ3n) is 1.57. The molecule has 7 heteroatoms. The van der Waals surface area contributed by atoms with Gasteiger partial charge in [0.2, 0.25) is 0 Å². The Labute approximate surface area is 81.0 Å². The Balaban J connectivity index is 3.99. The largest absolute Gasteiger partial charge is 0.394 e. The second kappa shape index (κ2) is 6.55. The third-order valence-corrected chi connectivity index (χ3v) is 1.72. The van der Waals surface area contributed by atoms with E-state index in [2.05, 4.69) is 17.1 Å². The fourth-order valence-electron chi connectivity index (χ4n) is 0.738. The van der Waals surface area contributed by atoms with Crippen molar-refractivity contribution >= 4 is 12.9 Å². The molecule has 0 spiro atoms. The van der Waals surface area contributed by atoms with Gasteiger partial charge in [0, 0.05) is 0 Å². The Bertz CT molecular complexity index is 134. The Kier molecular flexibility index (Phi) is 6.60. The number of hydrogen-bond donors (Lipinski definition) is 6. The fourth-order valence-corrected chi connectivity index (χ4v) is 0.891. The van der Waals surface area contributed by atoms with Gasteiger partial charge in [-0.1, -0.05) is 0 Å². The number of rotatable bonds is 6. The zero-order valence-electron chi connectivity index (χ0n) is 6.82. The Morgan fingerprint density at radius 2 is 1.46 bits per heavy atom. The van der Waals surface area contributed by atoms with Crippen LogP contribution in [0.1, 0.15) is 0 Å². The molecule has 0 saturated carbocycles. The van der Waals surface area contributed by atoms with Gasteiger partial charge in [0.05, 0.1) is 13.2 Å². The minimum atomic E-state index is -1.62. The van der Waals surface area contributed by atoms with Crippen LogP contribution in [0, 0.1) is 0 Å². The molecule has 6 nitrogen and oxygen atoms in total. The monoisotopic (exact) mass is 214 g/mol. The van der Waals surface area contributed by atoms with Crippen LogP contribution in [0.15, 0.2) is 0 Å². The third kappa shape index (κ3) is 4.23. The lowest BCUT2D eigenvalue weighted by atomic mass is 10.0. The lowest BCUT2D eigenvalue weighted by Crippen LogP contribution is -2.47. The zero-order valence-corrected chi connectivity index (χ0v) is 7.71. The summed E-state index contributed by atoms with van der Waals surface area (Å²) in [4.78, 5) is 0. The van der Waals surface area contributed by atoms with Gasteiger partial charge < -0.3 is 29.7 Å². The van der Waals surface area contributed by atoms with E-state index in [0.717, 1.165) is 0 Å². The number of aliphatic hydroxyl groups is 5. The van der Waals surface area contributed by atoms with Crippen molar-refractivity contribution in [2.45, 2.75) is 24.4 Å². The van der Waals surface area contributed by atoms with E-state index in [4.69, 9.17) is 25.5 Å². The maximum Gasteiger partial charge on any atom is 0.111 e. The van der Waals surface area contributed by atoms with Crippen molar-refractivity contribution in [2.75, 3.05) is 13.2 Å². The summed E-state index contributed by atoms with van der Waals surface area (Å²) in [5, 5.41) is 44.6. The van der Waals surface area contributed by atoms with Crippen LogP contribution >= 0.6 is 12.9 Å². The molecule has 0 radical (unpaired) electrons. The Morgan fingerprint density at radius 3 is 1.85 bits per heavy atom. The summed E-state index contributed by atoms with van der Waals surface area (Å²) in [5.41, 5.74) is 0. The van der Waals surface area contributed by atoms with Gasteiger partial charge in [-0.25, -0.2) is 0 Å². The summed E-state index contributed by atoms with van der Waals surface area (Å²) >= 11 is 3.33. The van der Waals surface area contributed by atoms with Gasteiger partial charge >= 0.3 is 0 Å². The second-order valence-electron chi connectivity index (χ2n) is 2.59. The molecule has 0 aliphatic heterocycles. The number of hydrogen-bond acceptors (Lipinski definition) is 7. The average Bonchev–Trinajstić information content (AvgIpc) is 2.14. The molecule has 0 aliphatic carbocycles. The SMILES string of the molecule is OC[C@@H](O)[C@@H](O)[C@H](O)[C@H](O)COS. The Morgan fingerprint density at radius 1 is 1.00 bits per heavy atom. The number of thiol groups is 1. The van der Waals surface area contributed by atoms with Gasteiger partial charge in [0.25, 0.3) is 0 Å². The summed E-state index contributed by atoms with van der Waals surface area (Å²) in [6.45, 7) is -0.994. The van der Waals surface area contributed by atoms with Gasteiger partial charge in [-0.05, 0) is 12.9 Å². The molecule has 0 heterocycles. The van der Waals surface area contributed by atoms with Crippen molar-refractivity contribution in [3.05, 3.63) is 0 Å². The topological polar surface area (TPSA) is 110 Å². The maximum atomic E-state index is 9.13. The van der Waals surface area contributed by atoms with Crippen LogP contribution < -0.4 is 0 Å². The van der Waals surface area contributed by atoms with Gasteiger partial charge in [0.1, 0.15) is 24.4 Å². The first-order valence-corrected chi connectivity index (χ1v) is 4.00. The van der Waals surface area contributed by atoms with E-state index in [1.807, 2.05) is 0 Å². The van der Waals surface area contributed by atoms with E-state index >= 15 is 0 Å². The molecule has 0 saturated heterocycles. The molecular weight excluding hydrogens is 200 g/mol. The average molecular weight is 214 g/mol. The minimum Gasteiger partial charge on any atom is -0.394 e. The molecule has 0 bridgehead atoms. The van der Waals surface area contributed by atoms with Gasteiger partial charge in [-0.15, -0.1) is 0 Å². The standard InChI is InChI=1S/C6H14O6S/c7-1-3(8)5(10)6(11)4(9)2-12-13/h3-11,13H,1-2H2/t3-,4-,5-,6-/m1/s1. The maximum absolute atomic E-state index is 9.13. The van der Waals surface area contributed by atoms with Crippen molar-refractivity contribution in [3.8, 4) is 0 Å². The van der Waals surface area contributed by atoms with Gasteiger partial charge in [0.15, 0.2) is 0 Å². The van der Waals surface area contributed by atoms with E-state index in [-0.39, 0.29) is 6.61 Å². The van der Waals surface area contributed by atoms with E-state index < -0.39 is 31.0 Å². The van der Waals surface area contributed by atoms with Gasteiger partial charge in [-0.2, -0.15) is 0 Å². The van der Waals surface area contributed by atoms with Crippen molar-refractivity contribution in [3.63, 3.8) is 0 Å². The summed E-state index contributed by atoms with van der Waals surface area (Å²) in [5.74, 6) is 0. The van der Waals surface area contributed by atoms with Crippen LogP contribution in [-0.4, -0.2) is 63.2 Å². The highest BCUT2D eigenvalue weighted by molar-refractivity contribution is 7.75. The van der Waals surface area contributed by atoms with Crippen molar-refractivity contribution in [2.24, 2.45) is 0 Å². The molecule has 80 valence electrons. The summed E-state index contributed by atoms with van der Waals surface area (Å²) in [7, 11) is 0. The molecule has 0 aromatic rings. The quantitative estimate of drug-likeness (QED) is 0.212. The van der Waals surface area contributed by atoms with Crippen molar-refractivity contribution in [1.82, 2.24) is 0 Å². The molecule has 0 aliphatic rings. The lowest BCUT2D eigenvalue weighted by Gasteiger charge is -2.24. The molecule has 4 atom stereocenters. The molecule has 13 heavy (non-hydrogen) atoms. The summed E-state index contributed by atoms with van der Waals surface area (Å²) in [6.07, 6.45) is -6.07. The van der Waals surface area contributed by atoms with Crippen LogP contribution in [0.3, 0.4) is 0 Å². The first kappa shape index (κ1) is 13.1. The van der Waals surface area contributed by atoms with Crippen LogP contribution in [0.5, 0.6) is 0 Å². The first-order chi connectivity index (χ1) is 6.04. The predicted molar refractivity (Wildman–Crippen MR) is 46.1 cm³/mol. The molecule has 0 fully saturated rings. The van der Waals surface area contributed by atoms with E-state index in [1.54, 1.807) is 0 Å². The Hall–Kier alpha value is 0.110. The lowest BCUT2D eigenvalue weighted by molar-refractivity contribution is -0.120. The van der Waals surface area contributed by atoms with Crippen LogP contribution in [0.4, 0.5) is 0 Å². The minimum absolute atomic E-state index is 0.292. The fraction of sp³-hybridized carbons (Fsp3) is 1.00. The van der Waals surface area contributed by atoms with Crippen LogP contribution in [-0.2, 0) is 4.18 Å². The highest BCUT2D eigenvalue weighted by Crippen LogP contribution is 2.05. The summed E-state index contributed by atoms with van der Waals surface area (Å²) in [6, 6.07) is 0. The molecular formula is C6H14O6S. The normalized spacial score (nSPS) is 20.8. The first-order valence-electron chi connectivity index (χ1n) is 3.64. The van der Waals surface area contributed by atoms with E-state index in [1.165, 1.54) is 0 Å². The highest BCUT2D eigenvalue weighted by atomic mass is 32.1. The summed E-state index contributed by atoms with van der Waals surface area (Å²) < 4.78 is 4.22. The van der Waals surface area contributed by atoms with E-state index in [9.17, 15) is 0 Å². The van der Waals surface area contributed by atoms with Crippen molar-refractivity contribution in [1.29, 1.82) is 0 Å². The molecule has 0 rings (SSSR count). The molecule has 0 unspecified atom stereocenters. The molecule has 0 aromatic carbocycles. The van der Waals surface area contributed by atoms with Gasteiger partial charge in [-0.3, -0.25) is 0 Å². The molecule has 0 aromatic heterocycles. The number of aliphatic hydroxyl groups excluding tert-OH is 5. The zero-order chi connectivity index (χ0) is 10.4. The molecule has 0 amide bonds. The predicted octanol–water partition coefficient (Wildman–Crippen LogP) is -2.72. The highest BCUT2D eigenvalue weighted by Gasteiger charge is 2.29.